The number of sulfonamides is 1. The first-order valence-corrected chi connectivity index (χ1v) is 9.63. The Morgan fingerprint density at radius 3 is 2.58 bits per heavy atom. The van der Waals surface area contributed by atoms with Crippen LogP contribution in [0.5, 0.6) is 0 Å². The molecule has 10 heteroatoms. The number of H-pyrrole nitrogens is 1. The van der Waals surface area contributed by atoms with Crippen LogP contribution in [0.2, 0.25) is 0 Å². The van der Waals surface area contributed by atoms with Crippen LogP contribution in [0.3, 0.4) is 0 Å². The Morgan fingerprint density at radius 2 is 1.92 bits per heavy atom. The van der Waals surface area contributed by atoms with Crippen LogP contribution >= 0.6 is 15.9 Å². The number of benzene rings is 2. The summed E-state index contributed by atoms with van der Waals surface area (Å²) in [5.74, 6) is 0.203. The summed E-state index contributed by atoms with van der Waals surface area (Å²) >= 11 is 3.43. The van der Waals surface area contributed by atoms with Crippen molar-refractivity contribution in [3.63, 3.8) is 0 Å². The lowest BCUT2D eigenvalue weighted by Gasteiger charge is -2.11. The highest BCUT2D eigenvalue weighted by atomic mass is 79.9. The molecule has 0 unspecified atom stereocenters. The number of hydrogen-bond donors (Lipinski definition) is 2. The minimum atomic E-state index is -3.96. The fourth-order valence-corrected chi connectivity index (χ4v) is 4.25. The van der Waals surface area contributed by atoms with Gasteiger partial charge in [0.1, 0.15) is 5.82 Å². The van der Waals surface area contributed by atoms with E-state index in [0.717, 1.165) is 16.1 Å². The number of aromatic nitrogens is 2. The lowest BCUT2D eigenvalue weighted by Crippen LogP contribution is -2.15. The van der Waals surface area contributed by atoms with Crippen molar-refractivity contribution < 1.29 is 13.3 Å². The first-order chi connectivity index (χ1) is 12.3. The molecule has 0 atom stereocenters. The Balaban J connectivity index is 1.99. The average Bonchev–Trinajstić information content (AvgIpc) is 3.02. The van der Waals surface area contributed by atoms with Gasteiger partial charge in [0.2, 0.25) is 0 Å². The molecular formula is C16H13BrN4O4S. The molecule has 0 fully saturated rings. The van der Waals surface area contributed by atoms with Crippen LogP contribution in [0, 0.1) is 17.0 Å². The second kappa shape index (κ2) is 6.89. The minimum Gasteiger partial charge on any atom is -0.263 e. The summed E-state index contributed by atoms with van der Waals surface area (Å²) in [5, 5.41) is 17.4. The molecule has 2 N–H and O–H groups in total. The molecule has 3 rings (SSSR count). The highest BCUT2D eigenvalue weighted by Crippen LogP contribution is 2.33. The van der Waals surface area contributed by atoms with Crippen molar-refractivity contribution in [2.24, 2.45) is 0 Å². The van der Waals surface area contributed by atoms with E-state index in [1.807, 2.05) is 24.3 Å². The molecule has 3 aromatic rings. The third-order valence-corrected chi connectivity index (χ3v) is 5.90. The van der Waals surface area contributed by atoms with Crippen LogP contribution in [0.4, 0.5) is 11.5 Å². The van der Waals surface area contributed by atoms with Crippen molar-refractivity contribution in [3.05, 3.63) is 68.8 Å². The van der Waals surface area contributed by atoms with E-state index in [9.17, 15) is 18.5 Å². The van der Waals surface area contributed by atoms with Crippen molar-refractivity contribution in [2.45, 2.75) is 11.8 Å². The maximum atomic E-state index is 12.7. The first kappa shape index (κ1) is 18.1. The Hall–Kier alpha value is -2.72. The summed E-state index contributed by atoms with van der Waals surface area (Å²) in [4.78, 5) is 10.2. The Morgan fingerprint density at radius 1 is 1.19 bits per heavy atom. The van der Waals surface area contributed by atoms with E-state index in [4.69, 9.17) is 0 Å². The van der Waals surface area contributed by atoms with Crippen LogP contribution in [-0.2, 0) is 10.0 Å². The first-order valence-electron chi connectivity index (χ1n) is 7.36. The van der Waals surface area contributed by atoms with E-state index in [1.54, 1.807) is 0 Å². The predicted octanol–water partition coefficient (Wildman–Crippen LogP) is 3.86. The molecule has 1 heterocycles. The number of nitro benzene ring substituents is 1. The minimum absolute atomic E-state index is 0.0456. The van der Waals surface area contributed by atoms with E-state index in [2.05, 4.69) is 30.8 Å². The van der Waals surface area contributed by atoms with Crippen LogP contribution in [0.25, 0.3) is 11.1 Å². The van der Waals surface area contributed by atoms with Crippen molar-refractivity contribution in [1.82, 2.24) is 10.2 Å². The van der Waals surface area contributed by atoms with Crippen molar-refractivity contribution in [3.8, 4) is 11.1 Å². The molecule has 0 spiro atoms. The lowest BCUT2D eigenvalue weighted by molar-refractivity contribution is -0.385. The zero-order valence-corrected chi connectivity index (χ0v) is 15.8. The largest absolute Gasteiger partial charge is 0.269 e. The molecule has 1 aromatic heterocycles. The van der Waals surface area contributed by atoms with Gasteiger partial charge in [0.25, 0.3) is 15.7 Å². The third-order valence-electron chi connectivity index (χ3n) is 3.70. The number of anilines is 1. The van der Waals surface area contributed by atoms with E-state index < -0.39 is 14.9 Å². The van der Waals surface area contributed by atoms with Crippen LogP contribution in [-0.4, -0.2) is 23.5 Å². The summed E-state index contributed by atoms with van der Waals surface area (Å²) in [7, 11) is -3.96. The Bertz CT molecular complexity index is 1100. The van der Waals surface area contributed by atoms with Gasteiger partial charge in [0.05, 0.1) is 16.0 Å². The number of nitro groups is 1. The molecule has 26 heavy (non-hydrogen) atoms. The van der Waals surface area contributed by atoms with Crippen LogP contribution in [0.15, 0.2) is 58.0 Å². The van der Waals surface area contributed by atoms with Crippen molar-refractivity contribution >= 4 is 37.5 Å². The number of aryl methyl sites for hydroxylation is 1. The summed E-state index contributed by atoms with van der Waals surface area (Å²) in [5.41, 5.74) is 1.44. The van der Waals surface area contributed by atoms with E-state index in [-0.39, 0.29) is 22.0 Å². The highest BCUT2D eigenvalue weighted by Gasteiger charge is 2.22. The normalized spacial score (nSPS) is 11.3. The highest BCUT2D eigenvalue weighted by molar-refractivity contribution is 9.10. The number of rotatable bonds is 5. The Labute approximate surface area is 157 Å². The molecule has 2 aromatic carbocycles. The molecular weight excluding hydrogens is 424 g/mol. The van der Waals surface area contributed by atoms with Gasteiger partial charge in [-0.1, -0.05) is 34.1 Å². The zero-order valence-electron chi connectivity index (χ0n) is 13.4. The molecule has 0 bridgehead atoms. The van der Waals surface area contributed by atoms with Crippen LogP contribution < -0.4 is 4.72 Å². The van der Waals surface area contributed by atoms with E-state index in [1.165, 1.54) is 25.3 Å². The van der Waals surface area contributed by atoms with Crippen LogP contribution in [0.1, 0.15) is 5.56 Å². The molecule has 0 aliphatic carbocycles. The lowest BCUT2D eigenvalue weighted by atomic mass is 10.1. The zero-order chi connectivity index (χ0) is 18.9. The summed E-state index contributed by atoms with van der Waals surface area (Å²) < 4.78 is 28.7. The summed E-state index contributed by atoms with van der Waals surface area (Å²) in [6, 6.07) is 10.9. The van der Waals surface area contributed by atoms with Gasteiger partial charge in [-0.2, -0.15) is 5.10 Å². The van der Waals surface area contributed by atoms with Gasteiger partial charge >= 0.3 is 0 Å². The van der Waals surface area contributed by atoms with Gasteiger partial charge in [-0.05, 0) is 24.6 Å². The molecule has 0 amide bonds. The maximum absolute atomic E-state index is 12.7. The standard InChI is InChI=1S/C16H13BrN4O4S/c1-10-8-11(21(22)23)6-7-15(10)26(24,25)20-16-13(9-18-19-16)12-4-2-3-5-14(12)17/h2-9H,1H3,(H2,18,19,20). The fraction of sp³-hybridized carbons (Fsp3) is 0.0625. The van der Waals surface area contributed by atoms with Crippen molar-refractivity contribution in [1.29, 1.82) is 0 Å². The maximum Gasteiger partial charge on any atom is 0.269 e. The number of nitrogens with one attached hydrogen (secondary N) is 2. The number of nitrogens with zero attached hydrogens (tertiary/aromatic N) is 2. The summed E-state index contributed by atoms with van der Waals surface area (Å²) in [6.45, 7) is 1.50. The molecule has 0 aliphatic heterocycles. The molecule has 134 valence electrons. The predicted molar refractivity (Wildman–Crippen MR) is 100 cm³/mol. The molecule has 8 nitrogen and oxygen atoms in total. The van der Waals surface area contributed by atoms with Gasteiger partial charge in [-0.15, -0.1) is 0 Å². The molecule has 0 aliphatic rings. The fourth-order valence-electron chi connectivity index (χ4n) is 2.49. The number of hydrogen-bond acceptors (Lipinski definition) is 5. The molecule has 0 radical (unpaired) electrons. The monoisotopic (exact) mass is 436 g/mol. The van der Waals surface area contributed by atoms with Gasteiger partial charge in [0.15, 0.2) is 0 Å². The quantitative estimate of drug-likeness (QED) is 0.464. The van der Waals surface area contributed by atoms with E-state index >= 15 is 0 Å². The van der Waals surface area contributed by atoms with Crippen molar-refractivity contribution in [2.75, 3.05) is 4.72 Å². The number of non-ortho nitro benzene ring substituents is 1. The summed E-state index contributed by atoms with van der Waals surface area (Å²) in [6.07, 6.45) is 1.51. The molecule has 0 saturated carbocycles. The smallest absolute Gasteiger partial charge is 0.263 e. The van der Waals surface area contributed by atoms with Gasteiger partial charge < -0.3 is 0 Å². The Kier molecular flexibility index (Phi) is 4.79. The second-order valence-electron chi connectivity index (χ2n) is 5.45. The van der Waals surface area contributed by atoms with Gasteiger partial charge in [-0.3, -0.25) is 19.9 Å². The second-order valence-corrected chi connectivity index (χ2v) is 7.96. The van der Waals surface area contributed by atoms with E-state index in [0.29, 0.717) is 5.56 Å². The average molecular weight is 437 g/mol. The third kappa shape index (κ3) is 3.46. The topological polar surface area (TPSA) is 118 Å². The van der Waals surface area contributed by atoms with Gasteiger partial charge in [0, 0.05) is 27.7 Å². The molecule has 0 saturated heterocycles. The number of halogens is 1. The van der Waals surface area contributed by atoms with Gasteiger partial charge in [-0.25, -0.2) is 8.42 Å². The number of aromatic amines is 1. The SMILES string of the molecule is Cc1cc([N+](=O)[O-])ccc1S(=O)(=O)Nc1[nH]ncc1-c1ccccc1Br.